The smallest absolute Gasteiger partial charge is 1.00 e. The molecule has 54 heavy (non-hydrogen) atoms. The molecule has 0 aliphatic heterocycles. The summed E-state index contributed by atoms with van der Waals surface area (Å²) in [5.41, 5.74) is 6.16. The van der Waals surface area contributed by atoms with Gasteiger partial charge in [-0.2, -0.15) is 11.6 Å². The van der Waals surface area contributed by atoms with Crippen LogP contribution in [0.1, 0.15) is 91.5 Å². The van der Waals surface area contributed by atoms with E-state index in [-0.39, 0.29) is 35.9 Å². The van der Waals surface area contributed by atoms with Gasteiger partial charge in [0, 0.05) is 0 Å². The van der Waals surface area contributed by atoms with Gasteiger partial charge in [-0.15, -0.1) is 39.7 Å². The summed E-state index contributed by atoms with van der Waals surface area (Å²) in [6, 6.07) is 20.7. The standard InChI is InChI=1S/C17H17.C15H8F6.C13H21.2ClH.Zr/c1-10-5-14-9-15-6-11(2)13(4)8-17(15)16(14)7-12(10)3;16-14(17,18)12-5-1-3-10(8-12)7-11-4-2-6-13(9-11)15(19,20)21;1-5-6-7-11-8-9-12(10-11)13(2,3)4;;;/h5-9H,1-4H3;1-6,8-9H;9-11H,5-7H2,1-4H3;2*1H;/q-1;;-1;;;+2/p-2. The molecular weight excluding hydrogens is 817 g/mol. The fraction of sp³-hybridized carbons (Fsp3) is 0.333. The Hall–Kier alpha value is -2.86. The van der Waals surface area contributed by atoms with Crippen LogP contribution in [-0.4, -0.2) is 3.21 Å². The quantitative estimate of drug-likeness (QED) is 0.125. The zero-order chi connectivity index (χ0) is 38.6. The number of fused-ring (bicyclic) bond motifs is 3. The van der Waals surface area contributed by atoms with E-state index in [1.165, 1.54) is 92.9 Å². The number of hydrogen-bond acceptors (Lipinski definition) is 0. The van der Waals surface area contributed by atoms with Crippen molar-refractivity contribution < 1.29 is 75.4 Å². The Balaban J connectivity index is 0.000000284. The number of alkyl halides is 6. The number of halogens is 8. The Morgan fingerprint density at radius 1 is 0.685 bits per heavy atom. The van der Waals surface area contributed by atoms with Gasteiger partial charge in [0.05, 0.1) is 0 Å². The average Bonchev–Trinajstić information content (AvgIpc) is 3.69. The van der Waals surface area contributed by atoms with Crippen LogP contribution in [-0.2, 0) is 36.6 Å². The van der Waals surface area contributed by atoms with E-state index in [2.05, 4.69) is 104 Å². The average molecular weight is 863 g/mol. The van der Waals surface area contributed by atoms with Crippen molar-refractivity contribution in [2.45, 2.75) is 87.0 Å². The van der Waals surface area contributed by atoms with Crippen LogP contribution in [0.4, 0.5) is 26.3 Å². The Morgan fingerprint density at radius 3 is 1.48 bits per heavy atom. The molecule has 1 atom stereocenters. The largest absolute Gasteiger partial charge is 1.00 e. The van der Waals surface area contributed by atoms with Crippen LogP contribution >= 0.6 is 0 Å². The van der Waals surface area contributed by atoms with Crippen molar-refractivity contribution in [2.75, 3.05) is 0 Å². The molecule has 0 spiro atoms. The number of aryl methyl sites for hydroxylation is 4. The second-order valence-electron chi connectivity index (χ2n) is 14.7. The van der Waals surface area contributed by atoms with Gasteiger partial charge in [-0.25, -0.2) is 6.08 Å². The number of hydrogen-bond donors (Lipinski definition) is 0. The number of allylic oxidation sites excluding steroid dienone is 4. The summed E-state index contributed by atoms with van der Waals surface area (Å²) in [5.74, 6) is 0.592. The SMILES string of the molecule is CCCCC1[C-]=CC(C(C)(C)C)=C1.Cc1cc2[cH-]c3cc(C)c(C)cc3c2cc1C.FC(F)(F)c1cccc([C](=[Zr+2])c2cccc(C(F)(F)F)c2)c1.[Cl-].[Cl-]. The third-order valence-corrected chi connectivity index (χ3v) is 10.9. The maximum absolute atomic E-state index is 12.7. The Labute approximate surface area is 343 Å². The summed E-state index contributed by atoms with van der Waals surface area (Å²) in [6.07, 6.45) is 2.90. The molecule has 1 aliphatic rings. The first-order chi connectivity index (χ1) is 24.2. The topological polar surface area (TPSA) is 0 Å². The minimum Gasteiger partial charge on any atom is -1.00 e. The van der Waals surface area contributed by atoms with E-state index < -0.39 is 23.5 Å². The van der Waals surface area contributed by atoms with Crippen LogP contribution in [0.25, 0.3) is 21.5 Å². The monoisotopic (exact) mass is 860 g/mol. The van der Waals surface area contributed by atoms with E-state index in [1.54, 1.807) is 0 Å². The van der Waals surface area contributed by atoms with Crippen LogP contribution in [0, 0.1) is 45.1 Å². The normalized spacial score (nSPS) is 14.0. The van der Waals surface area contributed by atoms with Crippen molar-refractivity contribution in [1.82, 2.24) is 0 Å². The predicted molar refractivity (Wildman–Crippen MR) is 200 cm³/mol. The molecule has 0 amide bonds. The Kier molecular flexibility index (Phi) is 16.9. The molecule has 5 aromatic carbocycles. The summed E-state index contributed by atoms with van der Waals surface area (Å²) < 4.78 is 76.7. The van der Waals surface area contributed by atoms with Crippen molar-refractivity contribution in [3.05, 3.63) is 147 Å². The number of benzene rings is 4. The maximum Gasteiger partial charge on any atom is -1.00 e. The third-order valence-electron chi connectivity index (χ3n) is 9.46. The summed E-state index contributed by atoms with van der Waals surface area (Å²) >= 11 is 0.729. The first-order valence-electron chi connectivity index (χ1n) is 17.5. The van der Waals surface area contributed by atoms with Gasteiger partial charge in [0.25, 0.3) is 0 Å². The number of unbranched alkanes of at least 4 members (excludes halogenated alkanes) is 1. The molecule has 9 heteroatoms. The number of rotatable bonds is 5. The summed E-state index contributed by atoms with van der Waals surface area (Å²) in [5, 5.41) is 5.53. The van der Waals surface area contributed by atoms with E-state index in [9.17, 15) is 26.3 Å². The summed E-state index contributed by atoms with van der Waals surface area (Å²) in [7, 11) is 0. The summed E-state index contributed by atoms with van der Waals surface area (Å²) in [4.78, 5) is 0. The van der Waals surface area contributed by atoms with Gasteiger partial charge in [-0.05, 0) is 27.7 Å². The van der Waals surface area contributed by atoms with Gasteiger partial charge in [0.2, 0.25) is 0 Å². The second kappa shape index (κ2) is 19.3. The molecule has 0 heterocycles. The van der Waals surface area contributed by atoms with Gasteiger partial charge >= 0.3 is 137 Å². The zero-order valence-electron chi connectivity index (χ0n) is 31.9. The van der Waals surface area contributed by atoms with E-state index in [1.807, 2.05) is 0 Å². The Morgan fingerprint density at radius 2 is 1.11 bits per heavy atom. The van der Waals surface area contributed by atoms with Crippen molar-refractivity contribution in [2.24, 2.45) is 11.3 Å². The molecule has 0 saturated heterocycles. The van der Waals surface area contributed by atoms with Crippen LogP contribution < -0.4 is 24.8 Å². The second-order valence-corrected chi connectivity index (χ2v) is 15.9. The van der Waals surface area contributed by atoms with E-state index in [0.717, 1.165) is 48.5 Å². The van der Waals surface area contributed by atoms with Gasteiger partial charge in [-0.1, -0.05) is 92.7 Å². The first kappa shape index (κ1) is 47.3. The molecule has 1 unspecified atom stereocenters. The molecule has 0 radical (unpaired) electrons. The minimum atomic E-state index is -4.49. The van der Waals surface area contributed by atoms with Gasteiger partial charge in [0.1, 0.15) is 0 Å². The third kappa shape index (κ3) is 12.3. The molecular formula is C45H46Cl2F6Zr-2. The molecule has 5 aromatic rings. The molecule has 6 rings (SSSR count). The van der Waals surface area contributed by atoms with E-state index in [4.69, 9.17) is 0 Å². The molecule has 0 N–H and O–H groups in total. The Bertz CT molecular complexity index is 1990. The molecule has 1 aliphatic carbocycles. The van der Waals surface area contributed by atoms with Crippen LogP contribution in [0.5, 0.6) is 0 Å². The van der Waals surface area contributed by atoms with Gasteiger partial charge in [-0.3, -0.25) is 6.08 Å². The fourth-order valence-electron chi connectivity index (χ4n) is 5.99. The van der Waals surface area contributed by atoms with Crippen molar-refractivity contribution in [3.8, 4) is 0 Å². The fourth-order valence-corrected chi connectivity index (χ4v) is 6.75. The summed E-state index contributed by atoms with van der Waals surface area (Å²) in [6.45, 7) is 17.8. The molecule has 0 saturated carbocycles. The van der Waals surface area contributed by atoms with Crippen LogP contribution in [0.15, 0.2) is 96.6 Å². The van der Waals surface area contributed by atoms with Crippen molar-refractivity contribution in [3.63, 3.8) is 0 Å². The molecule has 0 fully saturated rings. The zero-order valence-corrected chi connectivity index (χ0v) is 35.9. The van der Waals surface area contributed by atoms with Crippen molar-refractivity contribution in [1.29, 1.82) is 0 Å². The van der Waals surface area contributed by atoms with Gasteiger partial charge < -0.3 is 24.8 Å². The molecule has 0 aromatic heterocycles. The van der Waals surface area contributed by atoms with Crippen LogP contribution in [0.2, 0.25) is 0 Å². The van der Waals surface area contributed by atoms with E-state index in [0.29, 0.717) is 14.5 Å². The molecule has 0 bridgehead atoms. The predicted octanol–water partition coefficient (Wildman–Crippen LogP) is 7.93. The molecule has 0 nitrogen and oxygen atoms in total. The first-order valence-corrected chi connectivity index (χ1v) is 18.7. The van der Waals surface area contributed by atoms with Gasteiger partial charge in [0.15, 0.2) is 0 Å². The van der Waals surface area contributed by atoms with E-state index >= 15 is 0 Å². The maximum atomic E-state index is 12.7. The molecule has 288 valence electrons. The van der Waals surface area contributed by atoms with Crippen LogP contribution in [0.3, 0.4) is 0 Å². The van der Waals surface area contributed by atoms with Crippen molar-refractivity contribution >= 4 is 24.8 Å². The minimum absolute atomic E-state index is 0.